The Morgan fingerprint density at radius 3 is 2.23 bits per heavy atom. The van der Waals surface area contributed by atoms with Gasteiger partial charge in [-0.2, -0.15) is 0 Å². The molecule has 8 aromatic rings. The zero-order valence-corrected chi connectivity index (χ0v) is 29.4. The van der Waals surface area contributed by atoms with Gasteiger partial charge in [-0.05, 0) is 95.6 Å². The van der Waals surface area contributed by atoms with E-state index in [2.05, 4.69) is 144 Å². The lowest BCUT2D eigenvalue weighted by molar-refractivity contribution is 0.539. The van der Waals surface area contributed by atoms with Crippen molar-refractivity contribution in [3.63, 3.8) is 0 Å². The Bertz CT molecular complexity index is 2800. The molecule has 0 atom stereocenters. The van der Waals surface area contributed by atoms with Gasteiger partial charge in [0.2, 0.25) is 0 Å². The fraction of sp³-hybridized carbons (Fsp3) is 0.0833. The molecule has 6 aromatic carbocycles. The third-order valence-electron chi connectivity index (χ3n) is 10.7. The molecule has 0 radical (unpaired) electrons. The van der Waals surface area contributed by atoms with Crippen LogP contribution in [-0.4, -0.2) is 6.54 Å². The van der Waals surface area contributed by atoms with E-state index in [0.29, 0.717) is 0 Å². The minimum absolute atomic E-state index is 0.740. The number of fused-ring (bicyclic) bond motifs is 7. The molecule has 0 amide bonds. The highest BCUT2D eigenvalue weighted by molar-refractivity contribution is 6.14. The number of hydrogen-bond donors (Lipinski definition) is 2. The zero-order chi connectivity index (χ0) is 35.5. The van der Waals surface area contributed by atoms with Crippen LogP contribution in [0.2, 0.25) is 0 Å². The minimum atomic E-state index is 0.740. The van der Waals surface area contributed by atoms with Crippen molar-refractivity contribution in [3.8, 4) is 0 Å². The molecule has 10 rings (SSSR count). The van der Waals surface area contributed by atoms with Crippen LogP contribution in [0.1, 0.15) is 47.3 Å². The van der Waals surface area contributed by atoms with Gasteiger partial charge in [-0.3, -0.25) is 0 Å². The summed E-state index contributed by atoms with van der Waals surface area (Å²) in [6.45, 7) is 2.79. The van der Waals surface area contributed by atoms with Gasteiger partial charge in [0.25, 0.3) is 0 Å². The number of allylic oxidation sites excluding steroid dienone is 2. The molecular weight excluding hydrogens is 651 g/mol. The van der Waals surface area contributed by atoms with Crippen LogP contribution in [-0.2, 0) is 6.42 Å². The van der Waals surface area contributed by atoms with E-state index in [1.807, 2.05) is 25.1 Å². The van der Waals surface area contributed by atoms with E-state index in [1.165, 1.54) is 21.5 Å². The maximum atomic E-state index is 6.69. The molecule has 2 aromatic heterocycles. The van der Waals surface area contributed by atoms with Crippen LogP contribution in [0, 0.1) is 0 Å². The predicted molar refractivity (Wildman–Crippen MR) is 221 cm³/mol. The molecule has 0 unspecified atom stereocenters. The van der Waals surface area contributed by atoms with Gasteiger partial charge in [-0.1, -0.05) is 103 Å². The third-order valence-corrected chi connectivity index (χ3v) is 10.7. The molecule has 2 aliphatic rings. The number of nitrogen functional groups attached to an aromatic ring is 1. The number of rotatable bonds is 6. The molecule has 3 heterocycles. The van der Waals surface area contributed by atoms with Gasteiger partial charge < -0.3 is 24.8 Å². The van der Waals surface area contributed by atoms with Gasteiger partial charge in [0.15, 0.2) is 11.5 Å². The average Bonchev–Trinajstić information content (AvgIpc) is 3.77. The number of benzene rings is 6. The van der Waals surface area contributed by atoms with E-state index in [9.17, 15) is 0 Å². The Kier molecular flexibility index (Phi) is 7.32. The SMILES string of the molecule is C/C=C(/c1ccc(N(c2ccc(C3=CCNc4c3oc3ccccc43)cc2)c2cc3ccccc3c3ccccc23)cc1)c1oc2c(c1N)CCC=C2. The predicted octanol–water partition coefficient (Wildman–Crippen LogP) is 12.7. The van der Waals surface area contributed by atoms with Crippen LogP contribution in [0.15, 0.2) is 154 Å². The van der Waals surface area contributed by atoms with Crippen LogP contribution in [0.5, 0.6) is 0 Å². The van der Waals surface area contributed by atoms with Crippen LogP contribution < -0.4 is 16.0 Å². The van der Waals surface area contributed by atoms with Crippen molar-refractivity contribution >= 4 is 78.2 Å². The Labute approximate surface area is 308 Å². The lowest BCUT2D eigenvalue weighted by Crippen LogP contribution is -2.11. The monoisotopic (exact) mass is 687 g/mol. The zero-order valence-electron chi connectivity index (χ0n) is 29.4. The molecule has 53 heavy (non-hydrogen) atoms. The van der Waals surface area contributed by atoms with E-state index < -0.39 is 0 Å². The summed E-state index contributed by atoms with van der Waals surface area (Å²) in [7, 11) is 0. The van der Waals surface area contributed by atoms with Crippen LogP contribution in [0.3, 0.4) is 0 Å². The summed E-state index contributed by atoms with van der Waals surface area (Å²) in [5.74, 6) is 2.49. The van der Waals surface area contributed by atoms with E-state index in [-0.39, 0.29) is 0 Å². The number of para-hydroxylation sites is 1. The highest BCUT2D eigenvalue weighted by Crippen LogP contribution is 2.45. The number of nitrogens with one attached hydrogen (secondary N) is 1. The maximum absolute atomic E-state index is 6.69. The highest BCUT2D eigenvalue weighted by Gasteiger charge is 2.24. The summed E-state index contributed by atoms with van der Waals surface area (Å²) in [4.78, 5) is 2.37. The molecule has 3 N–H and O–H groups in total. The second-order valence-corrected chi connectivity index (χ2v) is 13.7. The Balaban J connectivity index is 1.09. The standard InChI is InChI=1S/C48H37N3O2/c1-2-35(47-45(49)40-15-7-9-17-43(40)52-47)30-19-23-33(24-20-30)51(42-29-32-11-3-4-12-36(32)38-13-5-6-14-39(38)42)34-25-21-31(22-26-34)37-27-28-50-46-41-16-8-10-18-44(41)53-48(37)46/h2-6,8-14,16-27,29,50H,7,15,28,49H2,1H3/b35-2-. The first-order valence-corrected chi connectivity index (χ1v) is 18.3. The summed E-state index contributed by atoms with van der Waals surface area (Å²) in [5.41, 5.74) is 17.9. The molecule has 1 aliphatic carbocycles. The fourth-order valence-corrected chi connectivity index (χ4v) is 8.17. The van der Waals surface area contributed by atoms with E-state index in [4.69, 9.17) is 14.6 Å². The molecule has 0 bridgehead atoms. The molecule has 0 saturated carbocycles. The smallest absolute Gasteiger partial charge is 0.158 e. The minimum Gasteiger partial charge on any atom is -0.454 e. The van der Waals surface area contributed by atoms with Gasteiger partial charge in [0.05, 0.1) is 17.1 Å². The lowest BCUT2D eigenvalue weighted by atomic mass is 9.97. The second kappa shape index (κ2) is 12.5. The Hall–Kier alpha value is -6.72. The largest absolute Gasteiger partial charge is 0.454 e. The van der Waals surface area contributed by atoms with Crippen molar-refractivity contribution in [1.29, 1.82) is 0 Å². The highest BCUT2D eigenvalue weighted by atomic mass is 16.3. The molecule has 1 aliphatic heterocycles. The van der Waals surface area contributed by atoms with Gasteiger partial charge >= 0.3 is 0 Å². The maximum Gasteiger partial charge on any atom is 0.158 e. The Morgan fingerprint density at radius 2 is 1.45 bits per heavy atom. The number of nitrogens with two attached hydrogens (primary N) is 1. The van der Waals surface area contributed by atoms with Gasteiger partial charge in [-0.25, -0.2) is 0 Å². The van der Waals surface area contributed by atoms with Crippen LogP contribution in [0.4, 0.5) is 28.4 Å². The molecule has 5 nitrogen and oxygen atoms in total. The third kappa shape index (κ3) is 5.07. The van der Waals surface area contributed by atoms with Crippen LogP contribution >= 0.6 is 0 Å². The van der Waals surface area contributed by atoms with Crippen molar-refractivity contribution in [2.45, 2.75) is 19.8 Å². The molecule has 0 spiro atoms. The first-order valence-electron chi connectivity index (χ1n) is 18.3. The van der Waals surface area contributed by atoms with Gasteiger partial charge in [-0.15, -0.1) is 0 Å². The van der Waals surface area contributed by atoms with Gasteiger partial charge in [0.1, 0.15) is 11.3 Å². The van der Waals surface area contributed by atoms with E-state index >= 15 is 0 Å². The molecular formula is C48H37N3O2. The average molecular weight is 688 g/mol. The molecule has 0 saturated heterocycles. The quantitative estimate of drug-likeness (QED) is 0.170. The summed E-state index contributed by atoms with van der Waals surface area (Å²) < 4.78 is 12.7. The summed E-state index contributed by atoms with van der Waals surface area (Å²) in [6, 6.07) is 45.5. The van der Waals surface area contributed by atoms with Crippen molar-refractivity contribution in [2.75, 3.05) is 22.5 Å². The van der Waals surface area contributed by atoms with E-state index in [0.717, 1.165) is 104 Å². The Morgan fingerprint density at radius 1 is 0.755 bits per heavy atom. The number of hydrogen-bond acceptors (Lipinski definition) is 5. The summed E-state index contributed by atoms with van der Waals surface area (Å²) in [6.07, 6.45) is 10.4. The molecule has 256 valence electrons. The van der Waals surface area contributed by atoms with Crippen molar-refractivity contribution in [3.05, 3.63) is 180 Å². The topological polar surface area (TPSA) is 67.6 Å². The number of furan rings is 2. The fourth-order valence-electron chi connectivity index (χ4n) is 8.17. The van der Waals surface area contributed by atoms with Gasteiger partial charge in [0, 0.05) is 45.4 Å². The van der Waals surface area contributed by atoms with E-state index in [1.54, 1.807) is 0 Å². The van der Waals surface area contributed by atoms with Crippen molar-refractivity contribution in [1.82, 2.24) is 0 Å². The molecule has 0 fully saturated rings. The molecule has 5 heteroatoms. The summed E-state index contributed by atoms with van der Waals surface area (Å²) in [5, 5.41) is 9.48. The summed E-state index contributed by atoms with van der Waals surface area (Å²) >= 11 is 0. The number of nitrogens with zero attached hydrogens (tertiary/aromatic N) is 1. The first-order chi connectivity index (χ1) is 26.2. The van der Waals surface area contributed by atoms with Crippen molar-refractivity contribution in [2.24, 2.45) is 0 Å². The first kappa shape index (κ1) is 31.1. The number of anilines is 5. The lowest BCUT2D eigenvalue weighted by Gasteiger charge is -2.28. The normalized spacial score (nSPS) is 13.9. The van der Waals surface area contributed by atoms with Crippen molar-refractivity contribution < 1.29 is 8.83 Å². The van der Waals surface area contributed by atoms with Crippen LogP contribution in [0.25, 0.3) is 49.7 Å². The second-order valence-electron chi connectivity index (χ2n) is 13.7.